The van der Waals surface area contributed by atoms with Crippen molar-refractivity contribution >= 4 is 18.0 Å². The molecule has 0 aromatic heterocycles. The molecule has 0 amide bonds. The predicted octanol–water partition coefficient (Wildman–Crippen LogP) is 0.636. The van der Waals surface area contributed by atoms with Crippen LogP contribution < -0.4 is 4.74 Å². The molecule has 0 fully saturated rings. The van der Waals surface area contributed by atoms with Crippen molar-refractivity contribution < 1.29 is 33.3 Å². The normalized spacial score (nSPS) is 20.3. The molecule has 1 aromatic carbocycles. The average Bonchev–Trinajstić information content (AvgIpc) is 2.45. The topological polar surface area (TPSA) is 82.1 Å². The third-order valence-electron chi connectivity index (χ3n) is 2.76. The van der Waals surface area contributed by atoms with Crippen molar-refractivity contribution in [3.05, 3.63) is 35.2 Å². The van der Waals surface area contributed by atoms with Crippen LogP contribution in [0, 0.1) is 5.82 Å². The predicted molar refractivity (Wildman–Crippen MR) is 64.0 cm³/mol. The number of benzene rings is 1. The number of hydrogen-bond acceptors (Lipinski definition) is 6. The molecule has 1 atom stereocenters. The first-order valence-corrected chi connectivity index (χ1v) is 5.52. The Morgan fingerprint density at radius 3 is 2.60 bits per heavy atom. The van der Waals surface area contributed by atoms with Crippen LogP contribution in [0.2, 0.25) is 0 Å². The Hall–Kier alpha value is -2.41. The van der Waals surface area contributed by atoms with Crippen molar-refractivity contribution in [1.82, 2.24) is 0 Å². The van der Waals surface area contributed by atoms with Crippen molar-refractivity contribution in [3.8, 4) is 5.75 Å². The maximum absolute atomic E-state index is 13.2. The molecule has 2 rings (SSSR count). The van der Waals surface area contributed by atoms with Crippen LogP contribution in [0.5, 0.6) is 5.75 Å². The zero-order valence-electron chi connectivity index (χ0n) is 10.7. The van der Waals surface area contributed by atoms with Gasteiger partial charge >= 0.3 is 17.7 Å². The molecule has 0 saturated heterocycles. The zero-order valence-corrected chi connectivity index (χ0v) is 10.7. The van der Waals surface area contributed by atoms with E-state index in [1.54, 1.807) is 0 Å². The Bertz CT molecular complexity index is 609. The standard InChI is InChI=1S/C13H11FO6/c1-18-11(15)9-6-7-5-8(14)3-4-10(7)20-13(9,17)12(16)19-2/h3-6,17H,1-2H3. The minimum atomic E-state index is -2.63. The van der Waals surface area contributed by atoms with E-state index in [0.29, 0.717) is 0 Å². The Morgan fingerprint density at radius 1 is 1.30 bits per heavy atom. The van der Waals surface area contributed by atoms with Gasteiger partial charge in [0.1, 0.15) is 17.1 Å². The van der Waals surface area contributed by atoms with Crippen LogP contribution in [0.4, 0.5) is 4.39 Å². The van der Waals surface area contributed by atoms with Gasteiger partial charge in [0, 0.05) is 5.56 Å². The molecule has 1 N–H and O–H groups in total. The van der Waals surface area contributed by atoms with Crippen molar-refractivity contribution in [3.63, 3.8) is 0 Å². The molecule has 0 aliphatic carbocycles. The number of carbonyl (C=O) groups excluding carboxylic acids is 2. The van der Waals surface area contributed by atoms with Crippen LogP contribution in [-0.4, -0.2) is 37.1 Å². The Balaban J connectivity index is 2.60. The minimum Gasteiger partial charge on any atom is -0.465 e. The van der Waals surface area contributed by atoms with Gasteiger partial charge in [0.05, 0.1) is 14.2 Å². The highest BCUT2D eigenvalue weighted by atomic mass is 19.1. The average molecular weight is 282 g/mol. The summed E-state index contributed by atoms with van der Waals surface area (Å²) in [6.45, 7) is 0. The van der Waals surface area contributed by atoms with Crippen LogP contribution in [0.1, 0.15) is 5.56 Å². The fourth-order valence-corrected chi connectivity index (χ4v) is 1.79. The molecule has 1 heterocycles. The molecule has 1 unspecified atom stereocenters. The molecule has 20 heavy (non-hydrogen) atoms. The molecule has 1 aliphatic rings. The molecule has 106 valence electrons. The summed E-state index contributed by atoms with van der Waals surface area (Å²) < 4.78 is 27.2. The number of halogens is 1. The lowest BCUT2D eigenvalue weighted by Crippen LogP contribution is -2.50. The van der Waals surface area contributed by atoms with E-state index in [4.69, 9.17) is 4.74 Å². The van der Waals surface area contributed by atoms with Gasteiger partial charge in [-0.05, 0) is 24.3 Å². The van der Waals surface area contributed by atoms with Gasteiger partial charge in [0.15, 0.2) is 0 Å². The summed E-state index contributed by atoms with van der Waals surface area (Å²) in [4.78, 5) is 23.3. The van der Waals surface area contributed by atoms with E-state index < -0.39 is 29.1 Å². The summed E-state index contributed by atoms with van der Waals surface area (Å²) in [5, 5.41) is 10.3. The van der Waals surface area contributed by atoms with E-state index in [9.17, 15) is 19.1 Å². The summed E-state index contributed by atoms with van der Waals surface area (Å²) >= 11 is 0. The van der Waals surface area contributed by atoms with Gasteiger partial charge in [-0.3, -0.25) is 0 Å². The highest BCUT2D eigenvalue weighted by Crippen LogP contribution is 2.36. The molecule has 0 spiro atoms. The first kappa shape index (κ1) is 14.0. The third-order valence-corrected chi connectivity index (χ3v) is 2.76. The van der Waals surface area contributed by atoms with E-state index in [2.05, 4.69) is 9.47 Å². The van der Waals surface area contributed by atoms with Gasteiger partial charge in [-0.2, -0.15) is 0 Å². The Labute approximate surface area is 113 Å². The second kappa shape index (κ2) is 4.93. The summed E-state index contributed by atoms with van der Waals surface area (Å²) in [5.74, 6) is -5.34. The number of methoxy groups -OCH3 is 2. The number of hydrogen-bond donors (Lipinski definition) is 1. The summed E-state index contributed by atoms with van der Waals surface area (Å²) in [7, 11) is 2.10. The van der Waals surface area contributed by atoms with Crippen LogP contribution in [0.15, 0.2) is 23.8 Å². The SMILES string of the molecule is COC(=O)C1=Cc2cc(F)ccc2OC1(O)C(=O)OC. The maximum Gasteiger partial charge on any atom is 0.384 e. The van der Waals surface area contributed by atoms with Gasteiger partial charge < -0.3 is 19.3 Å². The van der Waals surface area contributed by atoms with Gasteiger partial charge in [0.2, 0.25) is 0 Å². The molecule has 7 heteroatoms. The zero-order chi connectivity index (χ0) is 14.9. The monoisotopic (exact) mass is 282 g/mol. The van der Waals surface area contributed by atoms with Gasteiger partial charge in [0.25, 0.3) is 0 Å². The number of fused-ring (bicyclic) bond motifs is 1. The molecule has 0 saturated carbocycles. The van der Waals surface area contributed by atoms with Gasteiger partial charge in [-0.15, -0.1) is 0 Å². The maximum atomic E-state index is 13.2. The fourth-order valence-electron chi connectivity index (χ4n) is 1.79. The van der Waals surface area contributed by atoms with Gasteiger partial charge in [-0.25, -0.2) is 14.0 Å². The highest BCUT2D eigenvalue weighted by molar-refractivity contribution is 6.04. The number of rotatable bonds is 2. The number of ether oxygens (including phenoxy) is 3. The Morgan fingerprint density at radius 2 is 2.00 bits per heavy atom. The molecular formula is C13H11FO6. The number of aliphatic hydroxyl groups is 1. The number of carbonyl (C=O) groups is 2. The van der Waals surface area contributed by atoms with Crippen LogP contribution in [0.25, 0.3) is 6.08 Å². The van der Waals surface area contributed by atoms with E-state index in [0.717, 1.165) is 32.4 Å². The molecule has 0 bridgehead atoms. The second-order valence-corrected chi connectivity index (χ2v) is 3.97. The smallest absolute Gasteiger partial charge is 0.384 e. The summed E-state index contributed by atoms with van der Waals surface area (Å²) in [6.07, 6.45) is 1.12. The lowest BCUT2D eigenvalue weighted by Gasteiger charge is -2.31. The van der Waals surface area contributed by atoms with Gasteiger partial charge in [-0.1, -0.05) is 0 Å². The quantitative estimate of drug-likeness (QED) is 0.801. The van der Waals surface area contributed by atoms with E-state index in [1.165, 1.54) is 6.07 Å². The van der Waals surface area contributed by atoms with Crippen molar-refractivity contribution in [2.24, 2.45) is 0 Å². The fraction of sp³-hybridized carbons (Fsp3) is 0.231. The lowest BCUT2D eigenvalue weighted by atomic mass is 9.98. The first-order valence-electron chi connectivity index (χ1n) is 5.52. The molecular weight excluding hydrogens is 271 g/mol. The second-order valence-electron chi connectivity index (χ2n) is 3.97. The molecule has 1 aromatic rings. The highest BCUT2D eigenvalue weighted by Gasteiger charge is 2.50. The van der Waals surface area contributed by atoms with E-state index in [1.807, 2.05) is 0 Å². The first-order chi connectivity index (χ1) is 9.42. The summed E-state index contributed by atoms with van der Waals surface area (Å²) in [5.41, 5.74) is -0.302. The lowest BCUT2D eigenvalue weighted by molar-refractivity contribution is -0.189. The Kier molecular flexibility index (Phi) is 3.46. The third kappa shape index (κ3) is 2.12. The van der Waals surface area contributed by atoms with Crippen LogP contribution in [0.3, 0.4) is 0 Å². The van der Waals surface area contributed by atoms with Crippen molar-refractivity contribution in [2.45, 2.75) is 5.79 Å². The van der Waals surface area contributed by atoms with Crippen molar-refractivity contribution in [2.75, 3.05) is 14.2 Å². The minimum absolute atomic E-state index is 0.0342. The van der Waals surface area contributed by atoms with Crippen LogP contribution in [-0.2, 0) is 19.1 Å². The summed E-state index contributed by atoms with van der Waals surface area (Å²) in [6, 6.07) is 3.41. The number of esters is 2. The molecule has 6 nitrogen and oxygen atoms in total. The van der Waals surface area contributed by atoms with Crippen LogP contribution >= 0.6 is 0 Å². The van der Waals surface area contributed by atoms with Crippen molar-refractivity contribution in [1.29, 1.82) is 0 Å². The van der Waals surface area contributed by atoms with E-state index in [-0.39, 0.29) is 11.3 Å². The largest absolute Gasteiger partial charge is 0.465 e. The molecule has 1 aliphatic heterocycles. The molecule has 0 radical (unpaired) electrons. The van der Waals surface area contributed by atoms with E-state index >= 15 is 0 Å².